The summed E-state index contributed by atoms with van der Waals surface area (Å²) < 4.78 is 6.14. The van der Waals surface area contributed by atoms with E-state index in [0.29, 0.717) is 59.2 Å². The number of anilines is 1. The van der Waals surface area contributed by atoms with E-state index in [-0.39, 0.29) is 31.3 Å². The summed E-state index contributed by atoms with van der Waals surface area (Å²) in [5.74, 6) is -2.36. The van der Waals surface area contributed by atoms with Crippen LogP contribution in [0.3, 0.4) is 0 Å². The number of rotatable bonds is 23. The largest absolute Gasteiger partial charge is 0.480 e. The highest BCUT2D eigenvalue weighted by atomic mass is 32.2. The highest BCUT2D eigenvalue weighted by Crippen LogP contribution is 2.31. The molecule has 1 aromatic heterocycles. The van der Waals surface area contributed by atoms with Gasteiger partial charge in [0.25, 0.3) is 0 Å². The summed E-state index contributed by atoms with van der Waals surface area (Å²) in [6.45, 7) is 6.47. The van der Waals surface area contributed by atoms with Gasteiger partial charge in [0, 0.05) is 24.9 Å². The minimum atomic E-state index is -1.01. The van der Waals surface area contributed by atoms with Crippen molar-refractivity contribution in [3.8, 4) is 0 Å². The summed E-state index contributed by atoms with van der Waals surface area (Å²) in [4.78, 5) is 88.5. The third kappa shape index (κ3) is 15.9. The van der Waals surface area contributed by atoms with E-state index in [2.05, 4.69) is 36.6 Å². The molecule has 18 heteroatoms. The van der Waals surface area contributed by atoms with E-state index in [1.165, 1.54) is 30.0 Å². The topological polar surface area (TPSA) is 221 Å². The van der Waals surface area contributed by atoms with Gasteiger partial charge >= 0.3 is 12.1 Å². The van der Waals surface area contributed by atoms with Crippen molar-refractivity contribution in [2.24, 2.45) is 10.9 Å². The Morgan fingerprint density at radius 1 is 0.881 bits per heavy atom. The molecular formula is C41H56N8O8S2. The molecule has 320 valence electrons. The number of carboxylic acids is 1. The SMILES string of the molecule is CC(=O)NCCCCC(NC(=O)C(CCCCN(C)C)NC(=O)C(CC(C)C)NC(=O)OCc1ccccc1)C(=O)Nc1ccc2nc(C3=NC(C(=O)O)CS3)sc2c1. The number of unbranched alkanes of at least 4 members (excludes halogenated alkanes) is 2. The predicted molar refractivity (Wildman–Crippen MR) is 230 cm³/mol. The van der Waals surface area contributed by atoms with E-state index in [1.54, 1.807) is 18.2 Å². The van der Waals surface area contributed by atoms with Crippen LogP contribution in [0.2, 0.25) is 0 Å². The molecule has 1 aliphatic heterocycles. The van der Waals surface area contributed by atoms with Crippen molar-refractivity contribution in [1.29, 1.82) is 0 Å². The van der Waals surface area contributed by atoms with Crippen LogP contribution in [0.15, 0.2) is 53.5 Å². The number of hydrogen-bond acceptors (Lipinski definition) is 12. The van der Waals surface area contributed by atoms with Gasteiger partial charge in [0.05, 0.1) is 10.2 Å². The highest BCUT2D eigenvalue weighted by molar-refractivity contribution is 8.15. The summed E-state index contributed by atoms with van der Waals surface area (Å²) in [5.41, 5.74) is 1.92. The summed E-state index contributed by atoms with van der Waals surface area (Å²) in [5, 5.41) is 24.6. The van der Waals surface area contributed by atoms with Gasteiger partial charge in [0.15, 0.2) is 6.04 Å². The van der Waals surface area contributed by atoms with Crippen LogP contribution in [0.1, 0.15) is 76.3 Å². The summed E-state index contributed by atoms with van der Waals surface area (Å²) in [6.07, 6.45) is 2.49. The fraction of sp³-hybridized carbons (Fsp3) is 0.512. The van der Waals surface area contributed by atoms with Crippen molar-refractivity contribution < 1.29 is 38.6 Å². The molecule has 1 aliphatic rings. The minimum Gasteiger partial charge on any atom is -0.480 e. The smallest absolute Gasteiger partial charge is 0.408 e. The Labute approximate surface area is 353 Å². The van der Waals surface area contributed by atoms with Crippen LogP contribution in [0.5, 0.6) is 0 Å². The standard InChI is InChI=1S/C41H56N8O8S2/c1-25(2)21-32(48-41(56)57-23-27-13-7-6-8-14-27)37(53)45-31(16-10-12-20-49(4)5)36(52)44-30(15-9-11-19-42-26(3)50)35(51)43-28-17-18-29-34(22-28)59-39(46-29)38-47-33(24-58-38)40(54)55/h6-8,13-14,17-18,22,25,30-33H,9-12,15-16,19-21,23-24H2,1-5H3,(H,42,50)(H,43,51)(H,44,52)(H,45,53)(H,48,56)(H,54,55). The summed E-state index contributed by atoms with van der Waals surface area (Å²) in [6, 6.07) is 10.6. The molecule has 59 heavy (non-hydrogen) atoms. The maximum atomic E-state index is 14.1. The molecule has 2 heterocycles. The molecule has 4 unspecified atom stereocenters. The molecule has 3 aromatic rings. The third-order valence-corrected chi connectivity index (χ3v) is 11.4. The number of nitrogens with one attached hydrogen (secondary N) is 5. The number of hydrogen-bond donors (Lipinski definition) is 6. The molecule has 0 fully saturated rings. The highest BCUT2D eigenvalue weighted by Gasteiger charge is 2.31. The Hall–Kier alpha value is -5.07. The number of amides is 5. The number of thiazole rings is 1. The Balaban J connectivity index is 1.49. The first-order valence-electron chi connectivity index (χ1n) is 19.8. The number of carbonyl (C=O) groups is 6. The van der Waals surface area contributed by atoms with Crippen molar-refractivity contribution in [2.75, 3.05) is 38.3 Å². The number of aliphatic imine (C=N–C) groups is 1. The normalized spacial score (nSPS) is 15.2. The second-order valence-corrected chi connectivity index (χ2v) is 17.1. The number of benzene rings is 2. The quantitative estimate of drug-likeness (QED) is 0.0728. The summed E-state index contributed by atoms with van der Waals surface area (Å²) >= 11 is 2.67. The maximum absolute atomic E-state index is 14.1. The molecule has 6 N–H and O–H groups in total. The number of carbonyl (C=O) groups excluding carboxylic acids is 5. The van der Waals surface area contributed by atoms with Gasteiger partial charge in [-0.1, -0.05) is 44.2 Å². The van der Waals surface area contributed by atoms with E-state index >= 15 is 0 Å². The maximum Gasteiger partial charge on any atom is 0.408 e. The van der Waals surface area contributed by atoms with Crippen molar-refractivity contribution in [3.05, 3.63) is 59.1 Å². The van der Waals surface area contributed by atoms with Crippen LogP contribution in [0.4, 0.5) is 10.5 Å². The van der Waals surface area contributed by atoms with E-state index in [9.17, 15) is 33.9 Å². The van der Waals surface area contributed by atoms with Gasteiger partial charge < -0.3 is 41.3 Å². The lowest BCUT2D eigenvalue weighted by Gasteiger charge is -2.26. The number of ether oxygens (including phenoxy) is 1. The first-order valence-corrected chi connectivity index (χ1v) is 21.6. The molecule has 16 nitrogen and oxygen atoms in total. The number of fused-ring (bicyclic) bond motifs is 1. The molecular weight excluding hydrogens is 797 g/mol. The number of aromatic nitrogens is 1. The molecule has 4 atom stereocenters. The van der Waals surface area contributed by atoms with E-state index < -0.39 is 54.0 Å². The van der Waals surface area contributed by atoms with Crippen LogP contribution in [0.25, 0.3) is 10.2 Å². The zero-order valence-electron chi connectivity index (χ0n) is 34.2. The molecule has 0 saturated carbocycles. The van der Waals surface area contributed by atoms with Gasteiger partial charge in [-0.15, -0.1) is 23.1 Å². The monoisotopic (exact) mass is 852 g/mol. The average Bonchev–Trinajstić information content (AvgIpc) is 3.85. The Morgan fingerprint density at radius 3 is 2.20 bits per heavy atom. The second kappa shape index (κ2) is 23.5. The van der Waals surface area contributed by atoms with Crippen LogP contribution in [0, 0.1) is 5.92 Å². The fourth-order valence-electron chi connectivity index (χ4n) is 6.15. The first-order chi connectivity index (χ1) is 28.2. The zero-order valence-corrected chi connectivity index (χ0v) is 35.9. The molecule has 0 aliphatic carbocycles. The number of nitrogens with zero attached hydrogens (tertiary/aromatic N) is 3. The van der Waals surface area contributed by atoms with Crippen molar-refractivity contribution in [3.63, 3.8) is 0 Å². The van der Waals surface area contributed by atoms with Crippen LogP contribution in [-0.2, 0) is 35.3 Å². The van der Waals surface area contributed by atoms with E-state index in [1.807, 2.05) is 63.2 Å². The van der Waals surface area contributed by atoms with Gasteiger partial charge in [0.2, 0.25) is 23.6 Å². The lowest BCUT2D eigenvalue weighted by Crippen LogP contribution is -2.56. The van der Waals surface area contributed by atoms with E-state index in [0.717, 1.165) is 23.2 Å². The van der Waals surface area contributed by atoms with Crippen LogP contribution < -0.4 is 26.6 Å². The average molecular weight is 853 g/mol. The molecule has 2 aromatic carbocycles. The summed E-state index contributed by atoms with van der Waals surface area (Å²) in [7, 11) is 3.90. The Bertz CT molecular complexity index is 1940. The van der Waals surface area contributed by atoms with Gasteiger partial charge in [-0.3, -0.25) is 24.2 Å². The van der Waals surface area contributed by atoms with E-state index in [4.69, 9.17) is 4.74 Å². The lowest BCUT2D eigenvalue weighted by atomic mass is 10.0. The number of aliphatic carboxylic acids is 1. The number of thioether (sulfide) groups is 1. The molecule has 0 radical (unpaired) electrons. The Kier molecular flexibility index (Phi) is 18.6. The van der Waals surface area contributed by atoms with Gasteiger partial charge in [-0.25, -0.2) is 14.6 Å². The van der Waals surface area contributed by atoms with Gasteiger partial charge in [-0.2, -0.15) is 0 Å². The third-order valence-electron chi connectivity index (χ3n) is 9.21. The van der Waals surface area contributed by atoms with Crippen molar-refractivity contribution in [2.45, 2.75) is 96.5 Å². The molecule has 5 amide bonds. The number of alkyl carbamates (subject to hydrolysis) is 1. The number of carboxylic acid groups (broad SMARTS) is 1. The molecule has 4 rings (SSSR count). The second-order valence-electron chi connectivity index (χ2n) is 15.1. The zero-order chi connectivity index (χ0) is 42.9. The fourth-order valence-corrected chi connectivity index (χ4v) is 8.25. The van der Waals surface area contributed by atoms with Gasteiger partial charge in [-0.05, 0) is 95.3 Å². The van der Waals surface area contributed by atoms with Crippen molar-refractivity contribution in [1.82, 2.24) is 31.2 Å². The lowest BCUT2D eigenvalue weighted by molar-refractivity contribution is -0.137. The van der Waals surface area contributed by atoms with Crippen molar-refractivity contribution >= 4 is 79.7 Å². The van der Waals surface area contributed by atoms with Crippen LogP contribution in [-0.4, -0.2) is 113 Å². The first kappa shape index (κ1) is 46.6. The molecule has 0 bridgehead atoms. The predicted octanol–water partition coefficient (Wildman–Crippen LogP) is 4.53. The molecule has 0 saturated heterocycles. The van der Waals surface area contributed by atoms with Crippen LogP contribution >= 0.6 is 23.1 Å². The minimum absolute atomic E-state index is 0.0218. The Morgan fingerprint density at radius 2 is 1.56 bits per heavy atom. The molecule has 0 spiro atoms. The van der Waals surface area contributed by atoms with Gasteiger partial charge in [0.1, 0.15) is 34.8 Å².